The molecule has 3 atom stereocenters. The summed E-state index contributed by atoms with van der Waals surface area (Å²) in [6.45, 7) is 12.1. The Hall–Kier alpha value is -1.70. The number of benzene rings is 1. The van der Waals surface area contributed by atoms with Gasteiger partial charge in [-0.3, -0.25) is 4.79 Å². The number of carbonyl (C=O) groups excluding carboxylic acids is 2. The van der Waals surface area contributed by atoms with Crippen molar-refractivity contribution in [2.24, 2.45) is 0 Å². The SMILES string of the molecule is CC(=O)OC1OCC(O[Si](C)(C)C(C)(C)C)[C@H]1OC(=O)c1ccccc1. The van der Waals surface area contributed by atoms with Gasteiger partial charge in [-0.1, -0.05) is 39.0 Å². The minimum atomic E-state index is -2.12. The van der Waals surface area contributed by atoms with E-state index in [0.717, 1.165) is 0 Å². The van der Waals surface area contributed by atoms with Crippen molar-refractivity contribution in [1.29, 1.82) is 0 Å². The van der Waals surface area contributed by atoms with E-state index in [4.69, 9.17) is 18.6 Å². The van der Waals surface area contributed by atoms with E-state index in [1.165, 1.54) is 6.92 Å². The van der Waals surface area contributed by atoms with Crippen LogP contribution in [-0.4, -0.2) is 45.4 Å². The van der Waals surface area contributed by atoms with E-state index in [0.29, 0.717) is 5.56 Å². The molecule has 26 heavy (non-hydrogen) atoms. The molecule has 0 aliphatic carbocycles. The molecule has 1 aliphatic rings. The monoisotopic (exact) mass is 380 g/mol. The third kappa shape index (κ3) is 4.93. The van der Waals surface area contributed by atoms with Gasteiger partial charge in [-0.2, -0.15) is 0 Å². The van der Waals surface area contributed by atoms with E-state index >= 15 is 0 Å². The number of carbonyl (C=O) groups is 2. The van der Waals surface area contributed by atoms with Gasteiger partial charge in [-0.05, 0) is 30.3 Å². The Bertz CT molecular complexity index is 637. The highest BCUT2D eigenvalue weighted by atomic mass is 28.4. The van der Waals surface area contributed by atoms with Crippen LogP contribution in [0.1, 0.15) is 38.1 Å². The summed E-state index contributed by atoms with van der Waals surface area (Å²) in [5, 5.41) is -0.0134. The largest absolute Gasteiger partial charge is 0.449 e. The Kier molecular flexibility index (Phi) is 6.26. The standard InChI is InChI=1S/C19H28O6Si/c1-13(20)23-18-16(24-17(21)14-10-8-7-9-11-14)15(12-22-18)25-26(5,6)19(2,3)4/h7-11,15-16,18H,12H2,1-6H3/t15?,16-,18?/m1/s1. The van der Waals surface area contributed by atoms with Gasteiger partial charge in [0.25, 0.3) is 0 Å². The third-order valence-electron chi connectivity index (χ3n) is 4.85. The summed E-state index contributed by atoms with van der Waals surface area (Å²) in [6, 6.07) is 8.68. The lowest BCUT2D eigenvalue weighted by molar-refractivity contribution is -0.180. The average Bonchev–Trinajstić information content (AvgIpc) is 2.88. The molecule has 0 radical (unpaired) electrons. The maximum absolute atomic E-state index is 12.5. The van der Waals surface area contributed by atoms with Gasteiger partial charge in [-0.15, -0.1) is 0 Å². The van der Waals surface area contributed by atoms with Crippen molar-refractivity contribution in [2.75, 3.05) is 6.61 Å². The summed E-state index contributed by atoms with van der Waals surface area (Å²) in [5.74, 6) is -0.995. The second kappa shape index (κ2) is 7.90. The lowest BCUT2D eigenvalue weighted by Crippen LogP contribution is -2.49. The zero-order valence-corrected chi connectivity index (χ0v) is 17.3. The van der Waals surface area contributed by atoms with Gasteiger partial charge in [0.15, 0.2) is 14.4 Å². The van der Waals surface area contributed by atoms with E-state index in [9.17, 15) is 9.59 Å². The normalized spacial score (nSPS) is 23.5. The number of ether oxygens (including phenoxy) is 3. The first-order valence-electron chi connectivity index (χ1n) is 8.74. The fraction of sp³-hybridized carbons (Fsp3) is 0.579. The lowest BCUT2D eigenvalue weighted by Gasteiger charge is -2.39. The summed E-state index contributed by atoms with van der Waals surface area (Å²) < 4.78 is 22.8. The second-order valence-electron chi connectivity index (χ2n) is 7.96. The lowest BCUT2D eigenvalue weighted by atomic mass is 10.2. The maximum atomic E-state index is 12.5. The van der Waals surface area contributed by atoms with Gasteiger partial charge in [0.1, 0.15) is 6.10 Å². The zero-order chi connectivity index (χ0) is 19.5. The van der Waals surface area contributed by atoms with Gasteiger partial charge in [0, 0.05) is 6.92 Å². The maximum Gasteiger partial charge on any atom is 0.338 e. The molecule has 0 spiro atoms. The minimum absolute atomic E-state index is 0.0134. The third-order valence-corrected chi connectivity index (χ3v) is 9.35. The molecular formula is C19H28O6Si. The van der Waals surface area contributed by atoms with E-state index in [1.54, 1.807) is 24.3 Å². The molecule has 1 heterocycles. The first kappa shape index (κ1) is 20.6. The van der Waals surface area contributed by atoms with Gasteiger partial charge in [-0.25, -0.2) is 4.79 Å². The number of rotatable bonds is 5. The molecule has 2 unspecified atom stereocenters. The van der Waals surface area contributed by atoms with Crippen LogP contribution in [0.3, 0.4) is 0 Å². The molecule has 0 saturated carbocycles. The summed E-state index contributed by atoms with van der Waals surface area (Å²) in [4.78, 5) is 23.9. The summed E-state index contributed by atoms with van der Waals surface area (Å²) in [6.07, 6.45) is -2.25. The summed E-state index contributed by atoms with van der Waals surface area (Å²) in [7, 11) is -2.12. The van der Waals surface area contributed by atoms with Crippen molar-refractivity contribution in [2.45, 2.75) is 64.3 Å². The molecular weight excluding hydrogens is 352 g/mol. The Morgan fingerprint density at radius 1 is 1.12 bits per heavy atom. The molecule has 1 aliphatic heterocycles. The van der Waals surface area contributed by atoms with Crippen LogP contribution in [0.25, 0.3) is 0 Å². The number of hydrogen-bond acceptors (Lipinski definition) is 6. The molecule has 1 saturated heterocycles. The Morgan fingerprint density at radius 3 is 2.27 bits per heavy atom. The first-order valence-corrected chi connectivity index (χ1v) is 11.6. The summed E-state index contributed by atoms with van der Waals surface area (Å²) in [5.41, 5.74) is 0.423. The van der Waals surface area contributed by atoms with Crippen molar-refractivity contribution in [3.05, 3.63) is 35.9 Å². The van der Waals surface area contributed by atoms with E-state index < -0.39 is 38.8 Å². The van der Waals surface area contributed by atoms with Crippen LogP contribution in [0.15, 0.2) is 30.3 Å². The number of hydrogen-bond donors (Lipinski definition) is 0. The summed E-state index contributed by atoms with van der Waals surface area (Å²) >= 11 is 0. The Morgan fingerprint density at radius 2 is 1.73 bits per heavy atom. The van der Waals surface area contributed by atoms with Crippen molar-refractivity contribution in [3.63, 3.8) is 0 Å². The number of esters is 2. The van der Waals surface area contributed by atoms with Crippen LogP contribution >= 0.6 is 0 Å². The Balaban J connectivity index is 2.19. The van der Waals surface area contributed by atoms with Gasteiger partial charge >= 0.3 is 11.9 Å². The second-order valence-corrected chi connectivity index (χ2v) is 12.7. The Labute approximate surface area is 155 Å². The molecule has 7 heteroatoms. The molecule has 0 bridgehead atoms. The van der Waals surface area contributed by atoms with Crippen LogP contribution in [0.4, 0.5) is 0 Å². The zero-order valence-electron chi connectivity index (χ0n) is 16.3. The molecule has 6 nitrogen and oxygen atoms in total. The molecule has 2 rings (SSSR count). The molecule has 144 valence electrons. The highest BCUT2D eigenvalue weighted by Gasteiger charge is 2.48. The first-order chi connectivity index (χ1) is 12.0. The molecule has 0 N–H and O–H groups in total. The average molecular weight is 381 g/mol. The molecule has 0 amide bonds. The van der Waals surface area contributed by atoms with Crippen molar-refractivity contribution in [3.8, 4) is 0 Å². The van der Waals surface area contributed by atoms with Crippen molar-refractivity contribution in [1.82, 2.24) is 0 Å². The van der Waals surface area contributed by atoms with E-state index in [-0.39, 0.29) is 11.6 Å². The highest BCUT2D eigenvalue weighted by molar-refractivity contribution is 6.74. The van der Waals surface area contributed by atoms with Crippen LogP contribution in [0.5, 0.6) is 0 Å². The fourth-order valence-electron chi connectivity index (χ4n) is 2.37. The minimum Gasteiger partial charge on any atom is -0.449 e. The molecule has 0 aromatic heterocycles. The molecule has 1 aromatic carbocycles. The fourth-order valence-corrected chi connectivity index (χ4v) is 3.69. The molecule has 1 aromatic rings. The van der Waals surface area contributed by atoms with Crippen LogP contribution in [0.2, 0.25) is 18.1 Å². The van der Waals surface area contributed by atoms with Gasteiger partial charge < -0.3 is 18.6 Å². The highest BCUT2D eigenvalue weighted by Crippen LogP contribution is 2.39. The molecule has 1 fully saturated rings. The van der Waals surface area contributed by atoms with E-state index in [1.807, 2.05) is 6.07 Å². The smallest absolute Gasteiger partial charge is 0.338 e. The van der Waals surface area contributed by atoms with Crippen molar-refractivity contribution >= 4 is 20.3 Å². The van der Waals surface area contributed by atoms with Crippen LogP contribution < -0.4 is 0 Å². The van der Waals surface area contributed by atoms with Crippen LogP contribution in [0, 0.1) is 0 Å². The topological polar surface area (TPSA) is 71.1 Å². The quantitative estimate of drug-likeness (QED) is 0.575. The predicted molar refractivity (Wildman–Crippen MR) is 99.2 cm³/mol. The van der Waals surface area contributed by atoms with Gasteiger partial charge in [0.2, 0.25) is 6.29 Å². The predicted octanol–water partition coefficient (Wildman–Crippen LogP) is 3.52. The van der Waals surface area contributed by atoms with Gasteiger partial charge in [0.05, 0.1) is 12.2 Å². The van der Waals surface area contributed by atoms with E-state index in [2.05, 4.69) is 33.9 Å². The van der Waals surface area contributed by atoms with Crippen molar-refractivity contribution < 1.29 is 28.2 Å². The van der Waals surface area contributed by atoms with Crippen LogP contribution in [-0.2, 0) is 23.4 Å².